The third-order valence-electron chi connectivity index (χ3n) is 4.18. The molecule has 2 fully saturated rings. The number of likely N-dealkylation sites (tertiary alicyclic amines) is 1. The fourth-order valence-electron chi connectivity index (χ4n) is 3.14. The lowest BCUT2D eigenvalue weighted by Gasteiger charge is -2.23. The lowest BCUT2D eigenvalue weighted by Crippen LogP contribution is -2.31. The van der Waals surface area contributed by atoms with Gasteiger partial charge in [-0.05, 0) is 31.2 Å². The topological polar surface area (TPSA) is 32.8 Å². The lowest BCUT2D eigenvalue weighted by atomic mass is 9.86. The van der Waals surface area contributed by atoms with Gasteiger partial charge in [-0.1, -0.05) is 12.8 Å². The average molecular weight is 240 g/mol. The quantitative estimate of drug-likeness (QED) is 0.756. The molecule has 4 nitrogen and oxygen atoms in total. The standard InChI is InChI=1S/C13H24N2O2/c1-14(2)12(16)17-10-9-15-8-7-13(11-15)5-3-4-6-13/h3-11H2,1-2H3. The van der Waals surface area contributed by atoms with Crippen molar-refractivity contribution in [3.05, 3.63) is 0 Å². The summed E-state index contributed by atoms with van der Waals surface area (Å²) >= 11 is 0. The molecule has 1 spiro atoms. The number of hydrogen-bond donors (Lipinski definition) is 0. The number of rotatable bonds is 3. The van der Waals surface area contributed by atoms with Gasteiger partial charge >= 0.3 is 6.09 Å². The summed E-state index contributed by atoms with van der Waals surface area (Å²) in [4.78, 5) is 15.2. The third-order valence-corrected chi connectivity index (χ3v) is 4.18. The van der Waals surface area contributed by atoms with Crippen LogP contribution in [0.2, 0.25) is 0 Å². The summed E-state index contributed by atoms with van der Waals surface area (Å²) < 4.78 is 5.16. The van der Waals surface area contributed by atoms with E-state index in [2.05, 4.69) is 4.90 Å². The number of ether oxygens (including phenoxy) is 1. The first kappa shape index (κ1) is 12.7. The second-order valence-corrected chi connectivity index (χ2v) is 5.74. The number of hydrogen-bond acceptors (Lipinski definition) is 3. The van der Waals surface area contributed by atoms with Crippen molar-refractivity contribution in [2.75, 3.05) is 40.3 Å². The van der Waals surface area contributed by atoms with Crippen LogP contribution in [0.5, 0.6) is 0 Å². The molecule has 1 saturated carbocycles. The van der Waals surface area contributed by atoms with E-state index < -0.39 is 0 Å². The largest absolute Gasteiger partial charge is 0.448 e. The van der Waals surface area contributed by atoms with E-state index in [-0.39, 0.29) is 6.09 Å². The summed E-state index contributed by atoms with van der Waals surface area (Å²) in [6, 6.07) is 0. The zero-order valence-electron chi connectivity index (χ0n) is 11.1. The van der Waals surface area contributed by atoms with E-state index in [1.54, 1.807) is 14.1 Å². The summed E-state index contributed by atoms with van der Waals surface area (Å²) in [6.45, 7) is 3.81. The fraction of sp³-hybridized carbons (Fsp3) is 0.923. The maximum atomic E-state index is 11.3. The Kier molecular flexibility index (Phi) is 3.92. The molecule has 0 radical (unpaired) electrons. The minimum Gasteiger partial charge on any atom is -0.448 e. The van der Waals surface area contributed by atoms with E-state index in [1.165, 1.54) is 50.1 Å². The zero-order valence-corrected chi connectivity index (χ0v) is 11.1. The second kappa shape index (κ2) is 5.25. The first-order valence-corrected chi connectivity index (χ1v) is 6.68. The molecule has 0 unspecified atom stereocenters. The van der Waals surface area contributed by atoms with Gasteiger partial charge in [-0.2, -0.15) is 0 Å². The van der Waals surface area contributed by atoms with Crippen LogP contribution in [0.25, 0.3) is 0 Å². The Morgan fingerprint density at radius 3 is 2.65 bits per heavy atom. The molecule has 0 aromatic rings. The lowest BCUT2D eigenvalue weighted by molar-refractivity contribution is 0.105. The van der Waals surface area contributed by atoms with E-state index >= 15 is 0 Å². The molecule has 1 amide bonds. The minimum absolute atomic E-state index is 0.236. The predicted molar refractivity (Wildman–Crippen MR) is 67.0 cm³/mol. The van der Waals surface area contributed by atoms with Gasteiger partial charge in [0.1, 0.15) is 6.61 Å². The van der Waals surface area contributed by atoms with E-state index in [0.29, 0.717) is 12.0 Å². The number of carbonyl (C=O) groups excluding carboxylic acids is 1. The first-order valence-electron chi connectivity index (χ1n) is 6.68. The SMILES string of the molecule is CN(C)C(=O)OCCN1CCC2(CCCC2)C1. The Bertz CT molecular complexity index is 273. The molecule has 2 aliphatic rings. The van der Waals surface area contributed by atoms with Gasteiger partial charge in [0.25, 0.3) is 0 Å². The van der Waals surface area contributed by atoms with E-state index in [0.717, 1.165) is 6.54 Å². The van der Waals surface area contributed by atoms with Crippen molar-refractivity contribution in [2.45, 2.75) is 32.1 Å². The summed E-state index contributed by atoms with van der Waals surface area (Å²) in [7, 11) is 3.43. The molecular weight excluding hydrogens is 216 g/mol. The van der Waals surface area contributed by atoms with E-state index in [9.17, 15) is 4.79 Å². The molecule has 0 aromatic heterocycles. The highest BCUT2D eigenvalue weighted by Crippen LogP contribution is 2.45. The predicted octanol–water partition coefficient (Wildman–Crippen LogP) is 1.95. The van der Waals surface area contributed by atoms with E-state index in [1.807, 2.05) is 0 Å². The van der Waals surface area contributed by atoms with Gasteiger partial charge in [0.2, 0.25) is 0 Å². The van der Waals surface area contributed by atoms with Crippen molar-refractivity contribution in [1.29, 1.82) is 0 Å². The van der Waals surface area contributed by atoms with Crippen molar-refractivity contribution in [3.63, 3.8) is 0 Å². The van der Waals surface area contributed by atoms with Gasteiger partial charge in [0.05, 0.1) is 0 Å². The molecule has 1 saturated heterocycles. The van der Waals surface area contributed by atoms with Gasteiger partial charge < -0.3 is 9.64 Å². The van der Waals surface area contributed by atoms with Gasteiger partial charge in [-0.25, -0.2) is 4.79 Å². The Morgan fingerprint density at radius 2 is 2.00 bits per heavy atom. The van der Waals surface area contributed by atoms with Crippen molar-refractivity contribution in [2.24, 2.45) is 5.41 Å². The van der Waals surface area contributed by atoms with Gasteiger partial charge in [0, 0.05) is 27.2 Å². The third kappa shape index (κ3) is 3.12. The highest BCUT2D eigenvalue weighted by Gasteiger charge is 2.39. The Labute approximate surface area is 104 Å². The smallest absolute Gasteiger partial charge is 0.409 e. The first-order chi connectivity index (χ1) is 8.11. The number of nitrogens with zero attached hydrogens (tertiary/aromatic N) is 2. The molecule has 17 heavy (non-hydrogen) atoms. The summed E-state index contributed by atoms with van der Waals surface area (Å²) in [5.41, 5.74) is 0.617. The molecule has 1 aliphatic carbocycles. The molecule has 1 aliphatic heterocycles. The van der Waals surface area contributed by atoms with Gasteiger partial charge in [0.15, 0.2) is 0 Å². The van der Waals surface area contributed by atoms with Crippen LogP contribution in [0.15, 0.2) is 0 Å². The van der Waals surface area contributed by atoms with Crippen LogP contribution in [0.1, 0.15) is 32.1 Å². The summed E-state index contributed by atoms with van der Waals surface area (Å²) in [6.07, 6.45) is 6.73. The summed E-state index contributed by atoms with van der Waals surface area (Å²) in [5.74, 6) is 0. The Balaban J connectivity index is 1.66. The normalized spacial score (nSPS) is 23.2. The number of carbonyl (C=O) groups is 1. The van der Waals surface area contributed by atoms with Crippen molar-refractivity contribution in [1.82, 2.24) is 9.80 Å². The monoisotopic (exact) mass is 240 g/mol. The molecule has 98 valence electrons. The summed E-state index contributed by atoms with van der Waals surface area (Å²) in [5, 5.41) is 0. The molecule has 2 rings (SSSR count). The molecule has 1 heterocycles. The average Bonchev–Trinajstić information content (AvgIpc) is 2.90. The zero-order chi connectivity index (χ0) is 12.3. The second-order valence-electron chi connectivity index (χ2n) is 5.74. The van der Waals surface area contributed by atoms with Gasteiger partial charge in [-0.3, -0.25) is 4.90 Å². The molecule has 0 N–H and O–H groups in total. The fourth-order valence-corrected chi connectivity index (χ4v) is 3.14. The molecule has 4 heteroatoms. The van der Waals surface area contributed by atoms with Crippen molar-refractivity contribution >= 4 is 6.09 Å². The highest BCUT2D eigenvalue weighted by atomic mass is 16.6. The van der Waals surface area contributed by atoms with Crippen LogP contribution in [0.4, 0.5) is 4.79 Å². The maximum absolute atomic E-state index is 11.3. The van der Waals surface area contributed by atoms with Gasteiger partial charge in [-0.15, -0.1) is 0 Å². The molecular formula is C13H24N2O2. The number of amides is 1. The van der Waals surface area contributed by atoms with Crippen LogP contribution in [-0.2, 0) is 4.74 Å². The van der Waals surface area contributed by atoms with Crippen LogP contribution < -0.4 is 0 Å². The molecule has 0 aromatic carbocycles. The van der Waals surface area contributed by atoms with Crippen LogP contribution in [0, 0.1) is 5.41 Å². The van der Waals surface area contributed by atoms with E-state index in [4.69, 9.17) is 4.74 Å². The minimum atomic E-state index is -0.236. The maximum Gasteiger partial charge on any atom is 0.409 e. The van der Waals surface area contributed by atoms with Crippen molar-refractivity contribution in [3.8, 4) is 0 Å². The van der Waals surface area contributed by atoms with Crippen LogP contribution >= 0.6 is 0 Å². The Hall–Kier alpha value is -0.770. The van der Waals surface area contributed by atoms with Crippen LogP contribution in [0.3, 0.4) is 0 Å². The molecule has 0 bridgehead atoms. The van der Waals surface area contributed by atoms with Crippen molar-refractivity contribution < 1.29 is 9.53 Å². The highest BCUT2D eigenvalue weighted by molar-refractivity contribution is 5.66. The Morgan fingerprint density at radius 1 is 1.29 bits per heavy atom. The van der Waals surface area contributed by atoms with Crippen LogP contribution in [-0.4, -0.2) is 56.2 Å². The molecule has 0 atom stereocenters.